The van der Waals surface area contributed by atoms with E-state index in [4.69, 9.17) is 4.42 Å². The van der Waals surface area contributed by atoms with Crippen molar-refractivity contribution in [2.45, 2.75) is 51.6 Å². The molecule has 3 atom stereocenters. The minimum atomic E-state index is -0.683. The van der Waals surface area contributed by atoms with Crippen LogP contribution in [0.15, 0.2) is 28.9 Å². The van der Waals surface area contributed by atoms with Crippen molar-refractivity contribution >= 4 is 11.7 Å². The first-order chi connectivity index (χ1) is 15.3. The zero-order chi connectivity index (χ0) is 22.6. The van der Waals surface area contributed by atoms with Crippen LogP contribution in [0.25, 0.3) is 11.4 Å². The Labute approximate surface area is 183 Å². The summed E-state index contributed by atoms with van der Waals surface area (Å²) in [4.78, 5) is 22.9. The number of nitrogens with zero attached hydrogens (tertiary/aromatic N) is 5. The summed E-state index contributed by atoms with van der Waals surface area (Å²) in [7, 11) is 0. The number of amides is 2. The molecule has 1 N–H and O–H groups in total. The second kappa shape index (κ2) is 7.32. The molecule has 32 heavy (non-hydrogen) atoms. The number of piperidine rings is 1. The van der Waals surface area contributed by atoms with E-state index in [2.05, 4.69) is 32.4 Å². The number of hydrogen-bond acceptors (Lipinski definition) is 6. The Kier molecular flexibility index (Phi) is 4.68. The first kappa shape index (κ1) is 20.5. The van der Waals surface area contributed by atoms with Gasteiger partial charge in [-0.3, -0.25) is 0 Å². The number of urea groups is 1. The maximum atomic E-state index is 14.8. The van der Waals surface area contributed by atoms with Crippen molar-refractivity contribution in [2.24, 2.45) is 5.92 Å². The molecule has 2 aromatic heterocycles. The van der Waals surface area contributed by atoms with Crippen molar-refractivity contribution in [3.8, 4) is 11.4 Å². The Morgan fingerprint density at radius 2 is 1.94 bits per heavy atom. The summed E-state index contributed by atoms with van der Waals surface area (Å²) >= 11 is 0. The molecule has 2 bridgehead atoms. The van der Waals surface area contributed by atoms with E-state index in [9.17, 15) is 13.6 Å². The lowest BCUT2D eigenvalue weighted by atomic mass is 9.64. The van der Waals surface area contributed by atoms with Gasteiger partial charge in [-0.05, 0) is 43.4 Å². The minimum absolute atomic E-state index is 0.00148. The average molecular weight is 440 g/mol. The van der Waals surface area contributed by atoms with Crippen molar-refractivity contribution in [1.29, 1.82) is 0 Å². The smallest absolute Gasteiger partial charge is 0.323 e. The Morgan fingerprint density at radius 3 is 2.62 bits per heavy atom. The minimum Gasteiger partial charge on any atom is -0.423 e. The average Bonchev–Trinajstić information content (AvgIpc) is 3.17. The number of hydrogen-bond donors (Lipinski definition) is 1. The van der Waals surface area contributed by atoms with E-state index in [0.717, 1.165) is 25.2 Å². The van der Waals surface area contributed by atoms with Gasteiger partial charge in [0, 0.05) is 24.9 Å². The van der Waals surface area contributed by atoms with Gasteiger partial charge in [0.1, 0.15) is 11.4 Å². The van der Waals surface area contributed by atoms with Crippen LogP contribution in [0.2, 0.25) is 0 Å². The zero-order valence-electron chi connectivity index (χ0n) is 17.9. The van der Waals surface area contributed by atoms with Crippen LogP contribution in [0.1, 0.15) is 43.5 Å². The van der Waals surface area contributed by atoms with Crippen LogP contribution >= 0.6 is 0 Å². The van der Waals surface area contributed by atoms with E-state index >= 15 is 0 Å². The molecule has 2 aliphatic rings. The predicted molar refractivity (Wildman–Crippen MR) is 110 cm³/mol. The molecule has 3 aromatic rings. The lowest BCUT2D eigenvalue weighted by Gasteiger charge is -2.61. The molecule has 2 fully saturated rings. The second-order valence-electron chi connectivity index (χ2n) is 8.73. The number of aryl methyl sites for hydroxylation is 2. The molecule has 3 heterocycles. The number of benzene rings is 1. The lowest BCUT2D eigenvalue weighted by molar-refractivity contribution is -0.110. The van der Waals surface area contributed by atoms with E-state index in [0.29, 0.717) is 35.2 Å². The van der Waals surface area contributed by atoms with Crippen LogP contribution in [0, 0.1) is 31.4 Å². The van der Waals surface area contributed by atoms with E-state index in [-0.39, 0.29) is 17.6 Å². The number of rotatable bonds is 3. The SMILES string of the molecule is Cc1nnc([C@@]23C[C@@H](C)C[C@@H](C2)N3C(=O)Nc2cc(-c3ncc(F)cn3)c(C)cc2F)o1. The highest BCUT2D eigenvalue weighted by molar-refractivity contribution is 5.92. The van der Waals surface area contributed by atoms with Crippen molar-refractivity contribution in [1.82, 2.24) is 25.1 Å². The third-order valence-electron chi connectivity index (χ3n) is 6.32. The van der Waals surface area contributed by atoms with E-state index < -0.39 is 23.2 Å². The Morgan fingerprint density at radius 1 is 1.19 bits per heavy atom. The van der Waals surface area contributed by atoms with Gasteiger partial charge < -0.3 is 14.6 Å². The summed E-state index contributed by atoms with van der Waals surface area (Å²) in [5.74, 6) is 0.337. The van der Waals surface area contributed by atoms with Gasteiger partial charge in [0.25, 0.3) is 0 Å². The molecule has 0 radical (unpaired) electrons. The number of fused-ring (bicyclic) bond motifs is 2. The van der Waals surface area contributed by atoms with Crippen molar-refractivity contribution in [3.63, 3.8) is 0 Å². The van der Waals surface area contributed by atoms with Crippen LogP contribution in [0.5, 0.6) is 0 Å². The highest BCUT2D eigenvalue weighted by Crippen LogP contribution is 2.55. The third kappa shape index (κ3) is 3.21. The van der Waals surface area contributed by atoms with Crippen LogP contribution in [-0.2, 0) is 5.54 Å². The number of likely N-dealkylation sites (tertiary alicyclic amines) is 1. The molecule has 1 aliphatic carbocycles. The van der Waals surface area contributed by atoms with Gasteiger partial charge >= 0.3 is 6.03 Å². The standard InChI is InChI=1S/C22H22F2N6O2/c1-11-4-15-8-22(7-11,20-29-28-13(3)32-20)30(15)21(31)27-18-6-16(12(2)5-17(18)24)19-25-9-14(23)10-26-19/h5-6,9-11,15H,4,7-8H2,1-3H3,(H,27,31)/t11-,15-,22+/m0/s1. The number of anilines is 1. The van der Waals surface area contributed by atoms with Gasteiger partial charge in [-0.2, -0.15) is 0 Å². The summed E-state index contributed by atoms with van der Waals surface area (Å²) in [6.07, 6.45) is 4.37. The molecule has 1 saturated carbocycles. The van der Waals surface area contributed by atoms with Gasteiger partial charge in [0.15, 0.2) is 11.6 Å². The van der Waals surface area contributed by atoms with E-state index in [1.54, 1.807) is 18.7 Å². The predicted octanol–water partition coefficient (Wildman–Crippen LogP) is 4.35. The van der Waals surface area contributed by atoms with Gasteiger partial charge in [0.2, 0.25) is 11.8 Å². The molecule has 8 nitrogen and oxygen atoms in total. The van der Waals surface area contributed by atoms with Gasteiger partial charge in [-0.15, -0.1) is 10.2 Å². The van der Waals surface area contributed by atoms with Crippen molar-refractivity contribution in [3.05, 3.63) is 53.5 Å². The molecule has 10 heteroatoms. The van der Waals surface area contributed by atoms with Crippen LogP contribution in [-0.4, -0.2) is 37.1 Å². The first-order valence-corrected chi connectivity index (χ1v) is 10.5. The highest BCUT2D eigenvalue weighted by Gasteiger charge is 2.62. The Bertz CT molecular complexity index is 1200. The molecular weight excluding hydrogens is 418 g/mol. The summed E-state index contributed by atoms with van der Waals surface area (Å²) in [5, 5.41) is 10.8. The Balaban J connectivity index is 1.46. The number of halogens is 2. The van der Waals surface area contributed by atoms with Crippen LogP contribution in [0.4, 0.5) is 19.3 Å². The topological polar surface area (TPSA) is 97.0 Å². The summed E-state index contributed by atoms with van der Waals surface area (Å²) in [6, 6.07) is 2.35. The second-order valence-corrected chi connectivity index (χ2v) is 8.73. The van der Waals surface area contributed by atoms with Crippen molar-refractivity contribution in [2.75, 3.05) is 5.32 Å². The normalized spacial score (nSPS) is 24.2. The quantitative estimate of drug-likeness (QED) is 0.650. The summed E-state index contributed by atoms with van der Waals surface area (Å²) < 4.78 is 33.7. The molecule has 2 amide bonds. The largest absolute Gasteiger partial charge is 0.423 e. The zero-order valence-corrected chi connectivity index (χ0v) is 17.9. The third-order valence-corrected chi connectivity index (χ3v) is 6.32. The fourth-order valence-corrected chi connectivity index (χ4v) is 5.07. The van der Waals surface area contributed by atoms with Gasteiger partial charge in [-0.1, -0.05) is 6.92 Å². The molecule has 0 unspecified atom stereocenters. The molecule has 1 aromatic carbocycles. The van der Waals surface area contributed by atoms with Gasteiger partial charge in [0.05, 0.1) is 18.1 Å². The monoisotopic (exact) mass is 440 g/mol. The highest BCUT2D eigenvalue weighted by atomic mass is 19.1. The number of aromatic nitrogens is 4. The van der Waals surface area contributed by atoms with Gasteiger partial charge in [-0.25, -0.2) is 23.5 Å². The van der Waals surface area contributed by atoms with Crippen molar-refractivity contribution < 1.29 is 18.0 Å². The number of carbonyl (C=O) groups excluding carboxylic acids is 1. The van der Waals surface area contributed by atoms with E-state index in [1.165, 1.54) is 12.1 Å². The molecular formula is C22H22F2N6O2. The summed E-state index contributed by atoms with van der Waals surface area (Å²) in [6.45, 7) is 5.54. The molecule has 166 valence electrons. The molecule has 1 aliphatic heterocycles. The number of carbonyl (C=O) groups is 1. The molecule has 0 spiro atoms. The summed E-state index contributed by atoms with van der Waals surface area (Å²) in [5.41, 5.74) is 0.386. The fraction of sp³-hybridized carbons (Fsp3) is 0.409. The maximum absolute atomic E-state index is 14.8. The van der Waals surface area contributed by atoms with E-state index in [1.807, 2.05) is 0 Å². The molecule has 5 rings (SSSR count). The fourth-order valence-electron chi connectivity index (χ4n) is 5.07. The number of nitrogens with one attached hydrogen (secondary N) is 1. The molecule has 1 saturated heterocycles. The van der Waals surface area contributed by atoms with Crippen LogP contribution in [0.3, 0.4) is 0 Å². The maximum Gasteiger partial charge on any atom is 0.323 e. The lowest BCUT2D eigenvalue weighted by Crippen LogP contribution is -2.70. The van der Waals surface area contributed by atoms with Crippen LogP contribution < -0.4 is 5.32 Å². The first-order valence-electron chi connectivity index (χ1n) is 10.5. The Hall–Kier alpha value is -3.43.